The van der Waals surface area contributed by atoms with E-state index in [4.69, 9.17) is 0 Å². The number of rotatable bonds is 2. The molecule has 0 amide bonds. The maximum Gasteiger partial charge on any atom is 0.0711 e. The third-order valence-electron chi connectivity index (χ3n) is 7.26. The van der Waals surface area contributed by atoms with Crippen molar-refractivity contribution in [2.45, 2.75) is 65.8 Å². The molecule has 33 heavy (non-hydrogen) atoms. The molecule has 1 aliphatic heterocycles. The molecular weight excluding hydrogens is 414 g/mol. The number of hydrogen-bond acceptors (Lipinski definition) is 1. The van der Waals surface area contributed by atoms with Crippen LogP contribution in [0.25, 0.3) is 17.2 Å². The van der Waals surface area contributed by atoms with E-state index in [9.17, 15) is 0 Å². The van der Waals surface area contributed by atoms with E-state index in [2.05, 4.69) is 114 Å². The van der Waals surface area contributed by atoms with Crippen molar-refractivity contribution in [3.8, 4) is 11.1 Å². The lowest BCUT2D eigenvalue weighted by Gasteiger charge is -2.19. The van der Waals surface area contributed by atoms with Gasteiger partial charge in [-0.05, 0) is 83.2 Å². The van der Waals surface area contributed by atoms with Gasteiger partial charge in [0, 0.05) is 21.5 Å². The molecule has 0 spiro atoms. The van der Waals surface area contributed by atoms with Gasteiger partial charge in [0.15, 0.2) is 0 Å². The summed E-state index contributed by atoms with van der Waals surface area (Å²) >= 11 is 0. The normalized spacial score (nSPS) is 18.8. The van der Waals surface area contributed by atoms with Crippen LogP contribution in [0, 0.1) is 0 Å². The summed E-state index contributed by atoms with van der Waals surface area (Å²) in [6, 6.07) is 15.9. The fraction of sp³-hybridized carbons (Fsp3) is 0.323. The molecule has 0 saturated carbocycles. The quantitative estimate of drug-likeness (QED) is 0.420. The van der Waals surface area contributed by atoms with Crippen LogP contribution < -0.4 is 0 Å². The van der Waals surface area contributed by atoms with E-state index >= 15 is 0 Å². The van der Waals surface area contributed by atoms with Crippen LogP contribution in [0.1, 0.15) is 77.1 Å². The highest BCUT2D eigenvalue weighted by molar-refractivity contribution is 6.16. The third-order valence-corrected chi connectivity index (χ3v) is 8.80. The van der Waals surface area contributed by atoms with Crippen molar-refractivity contribution in [1.29, 1.82) is 0 Å². The predicted molar refractivity (Wildman–Crippen MR) is 149 cm³/mol. The number of nitrogens with zero attached hydrogens (tertiary/aromatic N) is 1. The van der Waals surface area contributed by atoms with Crippen LogP contribution in [0.3, 0.4) is 0 Å². The summed E-state index contributed by atoms with van der Waals surface area (Å²) < 4.78 is 0. The van der Waals surface area contributed by atoms with Gasteiger partial charge in [0.05, 0.1) is 5.70 Å². The van der Waals surface area contributed by atoms with Gasteiger partial charge in [0.25, 0.3) is 0 Å². The second-order valence-corrected chi connectivity index (χ2v) is 11.7. The third kappa shape index (κ3) is 4.41. The zero-order valence-corrected chi connectivity index (χ0v) is 23.5. The molecule has 5 rings (SSSR count). The molecule has 3 aliphatic rings. The van der Waals surface area contributed by atoms with E-state index in [-0.39, 0.29) is 5.41 Å². The fourth-order valence-electron chi connectivity index (χ4n) is 4.99. The first kappa shape index (κ1) is 23.4. The Bertz CT molecular complexity index is 1240. The van der Waals surface area contributed by atoms with E-state index in [1.807, 2.05) is 0 Å². The number of hydrogen-bond donors (Lipinski definition) is 0. The molecule has 0 fully saturated rings. The SMILES string of the molecule is CC1=Cc2c(-c3ccc(C(C)(C)C)cc3)cccc2C1[SiH3].CCC1=NC2=CC=C(C)C2=C1C. The molecule has 1 unspecified atom stereocenters. The van der Waals surface area contributed by atoms with Gasteiger partial charge < -0.3 is 0 Å². The van der Waals surface area contributed by atoms with E-state index < -0.39 is 0 Å². The average molecular weight is 452 g/mol. The Hall–Kier alpha value is -2.71. The molecule has 0 bridgehead atoms. The molecule has 2 aromatic carbocycles. The highest BCUT2D eigenvalue weighted by atomic mass is 28.1. The second-order valence-electron chi connectivity index (χ2n) is 10.6. The maximum absolute atomic E-state index is 4.55. The molecule has 0 aromatic heterocycles. The van der Waals surface area contributed by atoms with Gasteiger partial charge in [-0.2, -0.15) is 0 Å². The van der Waals surface area contributed by atoms with Crippen molar-refractivity contribution in [3.05, 3.63) is 99.3 Å². The van der Waals surface area contributed by atoms with Crippen LogP contribution in [0.15, 0.2) is 87.6 Å². The molecular formula is C31H37NSi. The molecule has 170 valence electrons. The monoisotopic (exact) mass is 451 g/mol. The summed E-state index contributed by atoms with van der Waals surface area (Å²) in [5.74, 6) is 0. The number of fused-ring (bicyclic) bond motifs is 2. The van der Waals surface area contributed by atoms with Gasteiger partial charge in [0.1, 0.15) is 0 Å². The summed E-state index contributed by atoms with van der Waals surface area (Å²) in [6.45, 7) is 15.5. The first-order valence-corrected chi connectivity index (χ1v) is 13.4. The number of allylic oxidation sites excluding steroid dienone is 5. The number of benzene rings is 2. The zero-order valence-electron chi connectivity index (χ0n) is 21.5. The van der Waals surface area contributed by atoms with Crippen molar-refractivity contribution in [2.75, 3.05) is 0 Å². The molecule has 1 heterocycles. The van der Waals surface area contributed by atoms with E-state index in [0.29, 0.717) is 5.54 Å². The smallest absolute Gasteiger partial charge is 0.0711 e. The standard InChI is InChI=1S/C20H24Si.C11H13N/c1-13-12-18-16(6-5-7-17(18)19(13)21)14-8-10-15(11-9-14)20(2,3)4;1-4-9-8(3)11-7(2)5-6-10(11)12-9/h5-12,19H,1-4,21H3;5-6H,4H2,1-3H3. The van der Waals surface area contributed by atoms with E-state index in [1.165, 1.54) is 71.8 Å². The molecule has 2 heteroatoms. The molecule has 2 aliphatic carbocycles. The summed E-state index contributed by atoms with van der Waals surface area (Å²) in [7, 11) is 1.20. The largest absolute Gasteiger partial charge is 0.253 e. The first-order chi connectivity index (χ1) is 15.6. The predicted octanol–water partition coefficient (Wildman–Crippen LogP) is 7.49. The topological polar surface area (TPSA) is 12.4 Å². The van der Waals surface area contributed by atoms with Crippen molar-refractivity contribution >= 4 is 22.0 Å². The Morgan fingerprint density at radius 2 is 1.64 bits per heavy atom. The van der Waals surface area contributed by atoms with Crippen LogP contribution in [0.5, 0.6) is 0 Å². The van der Waals surface area contributed by atoms with Crippen molar-refractivity contribution < 1.29 is 0 Å². The Labute approximate surface area is 203 Å². The van der Waals surface area contributed by atoms with Crippen molar-refractivity contribution in [1.82, 2.24) is 0 Å². The lowest BCUT2D eigenvalue weighted by Crippen LogP contribution is -2.10. The van der Waals surface area contributed by atoms with E-state index in [0.717, 1.165) is 6.42 Å². The van der Waals surface area contributed by atoms with Crippen molar-refractivity contribution in [2.24, 2.45) is 4.99 Å². The average Bonchev–Trinajstić information content (AvgIpc) is 3.41. The van der Waals surface area contributed by atoms with Crippen LogP contribution >= 0.6 is 0 Å². The lowest BCUT2D eigenvalue weighted by molar-refractivity contribution is 0.590. The van der Waals surface area contributed by atoms with Gasteiger partial charge in [-0.25, -0.2) is 0 Å². The first-order valence-electron chi connectivity index (χ1n) is 12.2. The second kappa shape index (κ2) is 8.91. The maximum atomic E-state index is 4.55. The van der Waals surface area contributed by atoms with Crippen molar-refractivity contribution in [3.63, 3.8) is 0 Å². The minimum atomic E-state index is 0.216. The summed E-state index contributed by atoms with van der Waals surface area (Å²) in [4.78, 5) is 4.55. The molecule has 0 radical (unpaired) electrons. The van der Waals surface area contributed by atoms with Crippen LogP contribution in [0.2, 0.25) is 0 Å². The number of aliphatic imine (C=N–C) groups is 1. The van der Waals surface area contributed by atoms with Gasteiger partial charge in [0.2, 0.25) is 0 Å². The van der Waals surface area contributed by atoms with E-state index in [1.54, 1.807) is 0 Å². The van der Waals surface area contributed by atoms with Gasteiger partial charge >= 0.3 is 0 Å². The Morgan fingerprint density at radius 3 is 2.24 bits per heavy atom. The Kier molecular flexibility index (Phi) is 6.33. The molecule has 1 nitrogen and oxygen atoms in total. The molecule has 2 aromatic rings. The van der Waals surface area contributed by atoms with Crippen LogP contribution in [0.4, 0.5) is 0 Å². The van der Waals surface area contributed by atoms with Gasteiger partial charge in [-0.3, -0.25) is 4.99 Å². The summed E-state index contributed by atoms with van der Waals surface area (Å²) in [5, 5.41) is 0. The minimum Gasteiger partial charge on any atom is -0.253 e. The molecule has 1 atom stereocenters. The Balaban J connectivity index is 0.000000183. The zero-order chi connectivity index (χ0) is 23.9. The summed E-state index contributed by atoms with van der Waals surface area (Å²) in [5.41, 5.74) is 16.0. The summed E-state index contributed by atoms with van der Waals surface area (Å²) in [6.07, 6.45) is 7.68. The molecule has 0 saturated heterocycles. The lowest BCUT2D eigenvalue weighted by atomic mass is 9.86. The minimum absolute atomic E-state index is 0.216. The molecule has 0 N–H and O–H groups in total. The highest BCUT2D eigenvalue weighted by Gasteiger charge is 2.23. The highest BCUT2D eigenvalue weighted by Crippen LogP contribution is 2.39. The Morgan fingerprint density at radius 1 is 0.939 bits per heavy atom. The van der Waals surface area contributed by atoms with Gasteiger partial charge in [-0.1, -0.05) is 87.9 Å². The van der Waals surface area contributed by atoms with Gasteiger partial charge in [-0.15, -0.1) is 0 Å². The van der Waals surface area contributed by atoms with Crippen LogP contribution in [-0.2, 0) is 5.41 Å². The fourth-order valence-corrected chi connectivity index (χ4v) is 5.66. The van der Waals surface area contributed by atoms with Crippen LogP contribution in [-0.4, -0.2) is 16.0 Å².